The standard InChI is InChI=1S/C19H28N4O4/c1-11(2)7-12(3)21-13-8-14-16(22-15(24)10-26-5)17(19(25)27-6)23(4)18(14)20-9-13/h8-9,11-12,21H,7,10H2,1-6H3,(H,22,24). The van der Waals surface area contributed by atoms with Crippen LogP contribution in [-0.4, -0.2) is 48.3 Å². The van der Waals surface area contributed by atoms with Gasteiger partial charge in [-0.25, -0.2) is 9.78 Å². The minimum absolute atomic E-state index is 0.117. The predicted molar refractivity (Wildman–Crippen MR) is 105 cm³/mol. The maximum atomic E-state index is 12.3. The third-order valence-electron chi connectivity index (χ3n) is 4.18. The van der Waals surface area contributed by atoms with Crippen LogP contribution in [0.1, 0.15) is 37.7 Å². The van der Waals surface area contributed by atoms with E-state index in [1.807, 2.05) is 6.07 Å². The van der Waals surface area contributed by atoms with E-state index in [1.165, 1.54) is 14.2 Å². The Morgan fingerprint density at radius 2 is 1.96 bits per heavy atom. The molecular weight excluding hydrogens is 348 g/mol. The first-order valence-electron chi connectivity index (χ1n) is 8.90. The SMILES string of the molecule is COCC(=O)Nc1c(C(=O)OC)n(C)c2ncc(NC(C)CC(C)C)cc12. The van der Waals surface area contributed by atoms with Crippen molar-refractivity contribution in [2.75, 3.05) is 31.5 Å². The van der Waals surface area contributed by atoms with E-state index in [1.54, 1.807) is 17.8 Å². The molecule has 0 aromatic carbocycles. The van der Waals surface area contributed by atoms with Gasteiger partial charge >= 0.3 is 5.97 Å². The molecular formula is C19H28N4O4. The van der Waals surface area contributed by atoms with Crippen molar-refractivity contribution in [3.63, 3.8) is 0 Å². The quantitative estimate of drug-likeness (QED) is 0.688. The topological polar surface area (TPSA) is 94.5 Å². The number of nitrogens with zero attached hydrogens (tertiary/aromatic N) is 2. The average molecular weight is 376 g/mol. The van der Waals surface area contributed by atoms with Crippen LogP contribution in [0.15, 0.2) is 12.3 Å². The number of carbonyl (C=O) groups excluding carboxylic acids is 2. The number of ether oxygens (including phenoxy) is 2. The summed E-state index contributed by atoms with van der Waals surface area (Å²) in [4.78, 5) is 28.8. The highest BCUT2D eigenvalue weighted by Gasteiger charge is 2.24. The maximum Gasteiger partial charge on any atom is 0.356 e. The number of hydrogen-bond donors (Lipinski definition) is 2. The fourth-order valence-corrected chi connectivity index (χ4v) is 3.21. The lowest BCUT2D eigenvalue weighted by atomic mass is 10.1. The Morgan fingerprint density at radius 3 is 2.56 bits per heavy atom. The molecule has 27 heavy (non-hydrogen) atoms. The summed E-state index contributed by atoms with van der Waals surface area (Å²) >= 11 is 0. The molecule has 0 bridgehead atoms. The lowest BCUT2D eigenvalue weighted by Crippen LogP contribution is -2.20. The van der Waals surface area contributed by atoms with Gasteiger partial charge in [0, 0.05) is 25.6 Å². The molecule has 0 aliphatic rings. The molecule has 2 N–H and O–H groups in total. The first-order valence-corrected chi connectivity index (χ1v) is 8.90. The second-order valence-corrected chi connectivity index (χ2v) is 7.03. The van der Waals surface area contributed by atoms with Crippen molar-refractivity contribution in [3.8, 4) is 0 Å². The number of rotatable bonds is 8. The van der Waals surface area contributed by atoms with Crippen LogP contribution >= 0.6 is 0 Å². The van der Waals surface area contributed by atoms with Gasteiger partial charge in [-0.3, -0.25) is 4.79 Å². The number of aryl methyl sites for hydroxylation is 1. The first kappa shape index (κ1) is 20.7. The molecule has 2 rings (SSSR count). The van der Waals surface area contributed by atoms with Gasteiger partial charge in [-0.05, 0) is 25.3 Å². The highest BCUT2D eigenvalue weighted by atomic mass is 16.5. The minimum atomic E-state index is -0.550. The van der Waals surface area contributed by atoms with E-state index >= 15 is 0 Å². The number of esters is 1. The maximum absolute atomic E-state index is 12.3. The summed E-state index contributed by atoms with van der Waals surface area (Å²) in [6.45, 7) is 6.33. The largest absolute Gasteiger partial charge is 0.464 e. The molecule has 2 aromatic rings. The van der Waals surface area contributed by atoms with E-state index in [2.05, 4.69) is 36.4 Å². The van der Waals surface area contributed by atoms with E-state index in [0.717, 1.165) is 12.1 Å². The number of aromatic nitrogens is 2. The number of pyridine rings is 1. The van der Waals surface area contributed by atoms with Crippen LogP contribution in [0.25, 0.3) is 11.0 Å². The van der Waals surface area contributed by atoms with E-state index < -0.39 is 5.97 Å². The van der Waals surface area contributed by atoms with Gasteiger partial charge in [0.25, 0.3) is 0 Å². The Bertz CT molecular complexity index is 829. The van der Waals surface area contributed by atoms with Gasteiger partial charge in [-0.2, -0.15) is 0 Å². The zero-order chi connectivity index (χ0) is 20.1. The van der Waals surface area contributed by atoms with Crippen molar-refractivity contribution < 1.29 is 19.1 Å². The van der Waals surface area contributed by atoms with E-state index in [-0.39, 0.29) is 24.2 Å². The molecule has 0 spiro atoms. The summed E-state index contributed by atoms with van der Waals surface area (Å²) in [5.74, 6) is -0.344. The lowest BCUT2D eigenvalue weighted by Gasteiger charge is -2.17. The van der Waals surface area contributed by atoms with Crippen LogP contribution in [0.4, 0.5) is 11.4 Å². The van der Waals surface area contributed by atoms with Crippen LogP contribution < -0.4 is 10.6 Å². The average Bonchev–Trinajstić information content (AvgIpc) is 2.85. The van der Waals surface area contributed by atoms with E-state index in [0.29, 0.717) is 22.6 Å². The molecule has 2 aromatic heterocycles. The Morgan fingerprint density at radius 1 is 1.26 bits per heavy atom. The van der Waals surface area contributed by atoms with Gasteiger partial charge in [0.05, 0.1) is 24.7 Å². The zero-order valence-corrected chi connectivity index (χ0v) is 16.8. The molecule has 1 atom stereocenters. The van der Waals surface area contributed by atoms with Crippen molar-refractivity contribution in [2.45, 2.75) is 33.2 Å². The summed E-state index contributed by atoms with van der Waals surface area (Å²) < 4.78 is 11.4. The van der Waals surface area contributed by atoms with Crippen LogP contribution in [0.2, 0.25) is 0 Å². The molecule has 0 aliphatic carbocycles. The molecule has 0 saturated heterocycles. The number of methoxy groups -OCH3 is 2. The zero-order valence-electron chi connectivity index (χ0n) is 16.8. The molecule has 0 fully saturated rings. The van der Waals surface area contributed by atoms with Crippen LogP contribution in [0.5, 0.6) is 0 Å². The van der Waals surface area contributed by atoms with Crippen molar-refractivity contribution >= 4 is 34.3 Å². The molecule has 1 amide bonds. The smallest absolute Gasteiger partial charge is 0.356 e. The van der Waals surface area contributed by atoms with Crippen molar-refractivity contribution in [1.29, 1.82) is 0 Å². The highest BCUT2D eigenvalue weighted by molar-refractivity contribution is 6.11. The summed E-state index contributed by atoms with van der Waals surface area (Å²) in [6.07, 6.45) is 2.73. The lowest BCUT2D eigenvalue weighted by molar-refractivity contribution is -0.119. The number of nitrogens with one attached hydrogen (secondary N) is 2. The number of fused-ring (bicyclic) bond motifs is 1. The molecule has 0 saturated carbocycles. The summed E-state index contributed by atoms with van der Waals surface area (Å²) in [6, 6.07) is 2.15. The Balaban J connectivity index is 2.50. The third-order valence-corrected chi connectivity index (χ3v) is 4.18. The molecule has 0 aliphatic heterocycles. The fraction of sp³-hybridized carbons (Fsp3) is 0.526. The van der Waals surface area contributed by atoms with Gasteiger partial charge in [0.2, 0.25) is 5.91 Å². The van der Waals surface area contributed by atoms with Crippen molar-refractivity contribution in [1.82, 2.24) is 9.55 Å². The van der Waals surface area contributed by atoms with E-state index in [4.69, 9.17) is 9.47 Å². The van der Waals surface area contributed by atoms with Crippen molar-refractivity contribution in [3.05, 3.63) is 18.0 Å². The first-order chi connectivity index (χ1) is 12.8. The van der Waals surface area contributed by atoms with Gasteiger partial charge in [0.15, 0.2) is 5.69 Å². The molecule has 0 radical (unpaired) electrons. The van der Waals surface area contributed by atoms with Gasteiger partial charge in [-0.15, -0.1) is 0 Å². The molecule has 2 heterocycles. The molecule has 1 unspecified atom stereocenters. The number of amides is 1. The molecule has 8 nitrogen and oxygen atoms in total. The molecule has 148 valence electrons. The minimum Gasteiger partial charge on any atom is -0.464 e. The van der Waals surface area contributed by atoms with Gasteiger partial charge in [0.1, 0.15) is 12.3 Å². The summed E-state index contributed by atoms with van der Waals surface area (Å²) in [7, 11) is 4.44. The Kier molecular flexibility index (Phi) is 6.79. The summed E-state index contributed by atoms with van der Waals surface area (Å²) in [5.41, 5.74) is 2.00. The Hall–Kier alpha value is -2.61. The number of anilines is 2. The number of hydrogen-bond acceptors (Lipinski definition) is 6. The Labute approximate surface area is 159 Å². The number of carbonyl (C=O) groups is 2. The second-order valence-electron chi connectivity index (χ2n) is 7.03. The van der Waals surface area contributed by atoms with Crippen LogP contribution in [0.3, 0.4) is 0 Å². The van der Waals surface area contributed by atoms with Gasteiger partial charge < -0.3 is 24.7 Å². The predicted octanol–water partition coefficient (Wildman–Crippen LogP) is 2.79. The molecule has 8 heteroatoms. The summed E-state index contributed by atoms with van der Waals surface area (Å²) in [5, 5.41) is 6.82. The monoisotopic (exact) mass is 376 g/mol. The normalized spacial score (nSPS) is 12.3. The van der Waals surface area contributed by atoms with E-state index in [9.17, 15) is 9.59 Å². The third kappa shape index (κ3) is 4.77. The van der Waals surface area contributed by atoms with Crippen LogP contribution in [0, 0.1) is 5.92 Å². The van der Waals surface area contributed by atoms with Crippen LogP contribution in [-0.2, 0) is 21.3 Å². The van der Waals surface area contributed by atoms with Crippen molar-refractivity contribution in [2.24, 2.45) is 13.0 Å². The fourth-order valence-electron chi connectivity index (χ4n) is 3.21. The van der Waals surface area contributed by atoms with Gasteiger partial charge in [-0.1, -0.05) is 13.8 Å². The highest BCUT2D eigenvalue weighted by Crippen LogP contribution is 2.32. The second kappa shape index (κ2) is 8.85.